The van der Waals surface area contributed by atoms with Gasteiger partial charge in [-0.1, -0.05) is 11.6 Å². The summed E-state index contributed by atoms with van der Waals surface area (Å²) >= 11 is 17.4. The summed E-state index contributed by atoms with van der Waals surface area (Å²) in [6.45, 7) is 0. The van der Waals surface area contributed by atoms with Crippen LogP contribution in [0.2, 0.25) is 5.02 Å². The third-order valence-electron chi connectivity index (χ3n) is 1.22. The number of hydrogen-bond acceptors (Lipinski definition) is 1. The number of carbonyl (C=O) groups is 1. The Balaban J connectivity index is 3.33. The molecule has 12 heavy (non-hydrogen) atoms. The predicted octanol–water partition coefficient (Wildman–Crippen LogP) is 4.24. The number of rotatable bonds is 1. The van der Waals surface area contributed by atoms with Gasteiger partial charge in [0.2, 0.25) is 0 Å². The molecular formula is C7H2Br2Cl2O. The molecule has 0 unspecified atom stereocenters. The summed E-state index contributed by atoms with van der Waals surface area (Å²) in [5.41, 5.74) is 0.366. The maximum Gasteiger partial charge on any atom is 0.253 e. The van der Waals surface area contributed by atoms with Crippen LogP contribution in [-0.4, -0.2) is 5.24 Å². The van der Waals surface area contributed by atoms with Gasteiger partial charge < -0.3 is 0 Å². The van der Waals surface area contributed by atoms with Crippen molar-refractivity contribution in [3.63, 3.8) is 0 Å². The van der Waals surface area contributed by atoms with Crippen molar-refractivity contribution in [1.29, 1.82) is 0 Å². The molecule has 0 N–H and O–H groups in total. The SMILES string of the molecule is O=C(Cl)c1cc(Cl)c(Br)cc1Br. The molecule has 64 valence electrons. The summed E-state index contributed by atoms with van der Waals surface area (Å²) in [4.78, 5) is 10.8. The minimum atomic E-state index is -0.531. The standard InChI is InChI=1S/C7H2Br2Cl2O/c8-4-2-5(9)6(10)1-3(4)7(11)12/h1-2H. The van der Waals surface area contributed by atoms with E-state index >= 15 is 0 Å². The van der Waals surface area contributed by atoms with E-state index in [2.05, 4.69) is 31.9 Å². The van der Waals surface area contributed by atoms with Gasteiger partial charge in [-0.3, -0.25) is 4.79 Å². The molecule has 0 aliphatic heterocycles. The number of hydrogen-bond donors (Lipinski definition) is 0. The Morgan fingerprint density at radius 2 is 1.83 bits per heavy atom. The Hall–Kier alpha value is 0.430. The Morgan fingerprint density at radius 1 is 1.25 bits per heavy atom. The van der Waals surface area contributed by atoms with Gasteiger partial charge in [0.1, 0.15) is 0 Å². The zero-order valence-electron chi connectivity index (χ0n) is 5.57. The lowest BCUT2D eigenvalue weighted by atomic mass is 10.2. The van der Waals surface area contributed by atoms with E-state index in [4.69, 9.17) is 23.2 Å². The minimum Gasteiger partial charge on any atom is -0.276 e. The second-order valence-corrected chi connectivity index (χ2v) is 4.48. The quantitative estimate of drug-likeness (QED) is 0.555. The van der Waals surface area contributed by atoms with E-state index in [1.807, 2.05) is 0 Å². The van der Waals surface area contributed by atoms with Crippen molar-refractivity contribution in [2.75, 3.05) is 0 Å². The summed E-state index contributed by atoms with van der Waals surface area (Å²) < 4.78 is 1.34. The molecule has 0 fully saturated rings. The van der Waals surface area contributed by atoms with Crippen LogP contribution in [0.1, 0.15) is 10.4 Å². The van der Waals surface area contributed by atoms with E-state index in [1.54, 1.807) is 6.07 Å². The monoisotopic (exact) mass is 330 g/mol. The lowest BCUT2D eigenvalue weighted by Crippen LogP contribution is -1.90. The van der Waals surface area contributed by atoms with Crippen LogP contribution in [-0.2, 0) is 0 Å². The first kappa shape index (κ1) is 10.5. The van der Waals surface area contributed by atoms with Crippen molar-refractivity contribution in [3.8, 4) is 0 Å². The highest BCUT2D eigenvalue weighted by atomic mass is 79.9. The van der Waals surface area contributed by atoms with Crippen LogP contribution in [0.3, 0.4) is 0 Å². The Morgan fingerprint density at radius 3 is 2.33 bits per heavy atom. The summed E-state index contributed by atoms with van der Waals surface area (Å²) in [6.07, 6.45) is 0. The summed E-state index contributed by atoms with van der Waals surface area (Å²) in [5.74, 6) is 0. The first-order valence-corrected chi connectivity index (χ1v) is 5.21. The van der Waals surface area contributed by atoms with Gasteiger partial charge in [-0.15, -0.1) is 0 Å². The molecule has 0 aliphatic rings. The molecule has 0 heterocycles. The third-order valence-corrected chi connectivity index (χ3v) is 3.28. The summed E-state index contributed by atoms with van der Waals surface area (Å²) in [6, 6.07) is 3.18. The largest absolute Gasteiger partial charge is 0.276 e. The van der Waals surface area contributed by atoms with Gasteiger partial charge in [-0.25, -0.2) is 0 Å². The van der Waals surface area contributed by atoms with Crippen molar-refractivity contribution in [2.45, 2.75) is 0 Å². The molecule has 1 rings (SSSR count). The van der Waals surface area contributed by atoms with E-state index in [0.29, 0.717) is 15.1 Å². The first-order valence-electron chi connectivity index (χ1n) is 2.86. The lowest BCUT2D eigenvalue weighted by Gasteiger charge is -2.01. The molecule has 0 amide bonds. The van der Waals surface area contributed by atoms with Crippen LogP contribution in [0.15, 0.2) is 21.1 Å². The van der Waals surface area contributed by atoms with E-state index in [9.17, 15) is 4.79 Å². The second-order valence-electron chi connectivity index (χ2n) is 2.02. The zero-order chi connectivity index (χ0) is 9.30. The van der Waals surface area contributed by atoms with Gasteiger partial charge in [-0.05, 0) is 55.6 Å². The molecule has 1 nitrogen and oxygen atoms in total. The number of benzene rings is 1. The predicted molar refractivity (Wildman–Crippen MR) is 57.0 cm³/mol. The normalized spacial score (nSPS) is 10.0. The molecule has 0 radical (unpaired) electrons. The van der Waals surface area contributed by atoms with Gasteiger partial charge in [0.25, 0.3) is 5.24 Å². The number of halogens is 4. The molecule has 1 aromatic rings. The fourth-order valence-electron chi connectivity index (χ4n) is 0.673. The van der Waals surface area contributed by atoms with Gasteiger partial charge in [0.15, 0.2) is 0 Å². The van der Waals surface area contributed by atoms with Gasteiger partial charge in [0.05, 0.1) is 5.02 Å². The zero-order valence-corrected chi connectivity index (χ0v) is 10.3. The van der Waals surface area contributed by atoms with Crippen LogP contribution < -0.4 is 0 Å². The molecule has 0 bridgehead atoms. The first-order chi connectivity index (χ1) is 5.52. The van der Waals surface area contributed by atoms with E-state index < -0.39 is 5.24 Å². The highest BCUT2D eigenvalue weighted by Gasteiger charge is 2.09. The topological polar surface area (TPSA) is 17.1 Å². The van der Waals surface area contributed by atoms with Crippen molar-refractivity contribution < 1.29 is 4.79 Å². The number of carbonyl (C=O) groups excluding carboxylic acids is 1. The Bertz CT molecular complexity index is 338. The van der Waals surface area contributed by atoms with E-state index in [0.717, 1.165) is 4.47 Å². The third kappa shape index (κ3) is 2.22. The fraction of sp³-hybridized carbons (Fsp3) is 0. The van der Waals surface area contributed by atoms with E-state index in [-0.39, 0.29) is 0 Å². The van der Waals surface area contributed by atoms with Gasteiger partial charge in [0, 0.05) is 14.5 Å². The van der Waals surface area contributed by atoms with Crippen LogP contribution in [0.25, 0.3) is 0 Å². The van der Waals surface area contributed by atoms with Crippen molar-refractivity contribution >= 4 is 60.3 Å². The summed E-state index contributed by atoms with van der Waals surface area (Å²) in [7, 11) is 0. The van der Waals surface area contributed by atoms with Crippen LogP contribution in [0, 0.1) is 0 Å². The van der Waals surface area contributed by atoms with Crippen LogP contribution >= 0.6 is 55.1 Å². The Labute approximate surface area is 96.3 Å². The molecule has 1 aromatic carbocycles. The summed E-state index contributed by atoms with van der Waals surface area (Å²) in [5, 5.41) is -0.0709. The highest BCUT2D eigenvalue weighted by Crippen LogP contribution is 2.30. The van der Waals surface area contributed by atoms with Crippen molar-refractivity contribution in [1.82, 2.24) is 0 Å². The van der Waals surface area contributed by atoms with Gasteiger partial charge in [-0.2, -0.15) is 0 Å². The average Bonchev–Trinajstić information content (AvgIpc) is 1.96. The molecule has 0 saturated carbocycles. The maximum atomic E-state index is 10.8. The van der Waals surface area contributed by atoms with E-state index in [1.165, 1.54) is 6.07 Å². The maximum absolute atomic E-state index is 10.8. The van der Waals surface area contributed by atoms with Crippen LogP contribution in [0.4, 0.5) is 0 Å². The second kappa shape index (κ2) is 4.09. The van der Waals surface area contributed by atoms with Crippen molar-refractivity contribution in [3.05, 3.63) is 31.7 Å². The van der Waals surface area contributed by atoms with Crippen LogP contribution in [0.5, 0.6) is 0 Å². The molecule has 0 atom stereocenters. The fourth-order valence-corrected chi connectivity index (χ4v) is 2.28. The van der Waals surface area contributed by atoms with Gasteiger partial charge >= 0.3 is 0 Å². The molecule has 0 saturated heterocycles. The molecule has 5 heteroatoms. The minimum absolute atomic E-state index is 0.366. The Kier molecular flexibility index (Phi) is 3.58. The molecule has 0 spiro atoms. The highest BCUT2D eigenvalue weighted by molar-refractivity contribution is 9.11. The molecule has 0 aromatic heterocycles. The lowest BCUT2D eigenvalue weighted by molar-refractivity contribution is 0.108. The molecule has 0 aliphatic carbocycles. The molecular weight excluding hydrogens is 331 g/mol. The van der Waals surface area contributed by atoms with Crippen molar-refractivity contribution in [2.24, 2.45) is 0 Å². The smallest absolute Gasteiger partial charge is 0.253 e. The average molecular weight is 333 g/mol.